The van der Waals surface area contributed by atoms with Crippen molar-refractivity contribution in [2.75, 3.05) is 30.8 Å². The number of amides is 1. The number of sulfonamides is 1. The van der Waals surface area contributed by atoms with E-state index < -0.39 is 16.1 Å². The van der Waals surface area contributed by atoms with E-state index in [-0.39, 0.29) is 5.91 Å². The van der Waals surface area contributed by atoms with Crippen LogP contribution >= 0.6 is 11.6 Å². The smallest absolute Gasteiger partial charge is 0.246 e. The largest absolute Gasteiger partial charge is 0.495 e. The van der Waals surface area contributed by atoms with Gasteiger partial charge in [0.25, 0.3) is 0 Å². The summed E-state index contributed by atoms with van der Waals surface area (Å²) in [5.74, 6) is 0.252. The number of halogens is 1. The molecule has 1 aliphatic rings. The molecular weight excluding hydrogens is 340 g/mol. The topological polar surface area (TPSA) is 66.9 Å². The average molecular weight is 361 g/mol. The number of likely N-dealkylation sites (tertiary alicyclic amines) is 1. The molecule has 2 rings (SSSR count). The van der Waals surface area contributed by atoms with E-state index in [1.165, 1.54) is 13.2 Å². The Morgan fingerprint density at radius 1 is 1.35 bits per heavy atom. The second-order valence-corrected chi connectivity index (χ2v) is 7.85. The van der Waals surface area contributed by atoms with Gasteiger partial charge in [-0.05, 0) is 38.0 Å². The van der Waals surface area contributed by atoms with Gasteiger partial charge in [-0.1, -0.05) is 11.6 Å². The lowest BCUT2D eigenvalue weighted by Gasteiger charge is -2.31. The van der Waals surface area contributed by atoms with Gasteiger partial charge >= 0.3 is 0 Å². The van der Waals surface area contributed by atoms with Gasteiger partial charge in [0.1, 0.15) is 11.8 Å². The molecule has 1 aromatic rings. The van der Waals surface area contributed by atoms with E-state index >= 15 is 0 Å². The molecule has 1 atom stereocenters. The second kappa shape index (κ2) is 6.97. The maximum Gasteiger partial charge on any atom is 0.246 e. The normalized spacial score (nSPS) is 16.3. The number of nitrogens with zero attached hydrogens (tertiary/aromatic N) is 2. The fraction of sp³-hybridized carbons (Fsp3) is 0.533. The maximum atomic E-state index is 12.6. The van der Waals surface area contributed by atoms with Crippen LogP contribution in [-0.2, 0) is 14.8 Å². The molecule has 1 aromatic carbocycles. The zero-order valence-corrected chi connectivity index (χ0v) is 15.0. The van der Waals surface area contributed by atoms with Crippen molar-refractivity contribution >= 4 is 33.2 Å². The Hall–Kier alpha value is -1.47. The van der Waals surface area contributed by atoms with Crippen LogP contribution in [0.3, 0.4) is 0 Å². The lowest BCUT2D eigenvalue weighted by atomic mass is 10.2. The van der Waals surface area contributed by atoms with Crippen molar-refractivity contribution in [2.45, 2.75) is 25.8 Å². The summed E-state index contributed by atoms with van der Waals surface area (Å²) < 4.78 is 30.7. The van der Waals surface area contributed by atoms with Gasteiger partial charge in [-0.25, -0.2) is 8.42 Å². The van der Waals surface area contributed by atoms with Crippen molar-refractivity contribution in [3.8, 4) is 5.75 Å². The van der Waals surface area contributed by atoms with Crippen LogP contribution in [0.5, 0.6) is 5.75 Å². The van der Waals surface area contributed by atoms with Crippen molar-refractivity contribution in [2.24, 2.45) is 0 Å². The fourth-order valence-electron chi connectivity index (χ4n) is 2.80. The van der Waals surface area contributed by atoms with Crippen LogP contribution in [0.15, 0.2) is 18.2 Å². The molecule has 128 valence electrons. The first-order chi connectivity index (χ1) is 10.8. The van der Waals surface area contributed by atoms with Gasteiger partial charge in [-0.2, -0.15) is 0 Å². The van der Waals surface area contributed by atoms with E-state index in [2.05, 4.69) is 0 Å². The standard InChI is InChI=1S/C15H21ClN2O4S/c1-11(15(19)17-8-4-5-9-17)18(23(3,20)21)12-6-7-14(22-2)13(16)10-12/h6-7,10-11H,4-5,8-9H2,1-3H3. The number of rotatable bonds is 5. The van der Waals surface area contributed by atoms with Gasteiger partial charge in [0.2, 0.25) is 15.9 Å². The van der Waals surface area contributed by atoms with Crippen molar-refractivity contribution in [1.29, 1.82) is 0 Å². The van der Waals surface area contributed by atoms with Crippen molar-refractivity contribution in [3.05, 3.63) is 23.2 Å². The molecule has 1 unspecified atom stereocenters. The molecule has 0 saturated carbocycles. The Morgan fingerprint density at radius 3 is 2.43 bits per heavy atom. The molecule has 1 aliphatic heterocycles. The molecule has 0 aromatic heterocycles. The Bertz CT molecular complexity index is 687. The minimum atomic E-state index is -3.64. The molecule has 1 amide bonds. The number of carbonyl (C=O) groups excluding carboxylic acids is 1. The van der Waals surface area contributed by atoms with Crippen LogP contribution in [0, 0.1) is 0 Å². The second-order valence-electron chi connectivity index (χ2n) is 5.59. The third-order valence-electron chi connectivity index (χ3n) is 3.87. The van der Waals surface area contributed by atoms with Crippen LogP contribution in [0.1, 0.15) is 19.8 Å². The highest BCUT2D eigenvalue weighted by Gasteiger charge is 2.33. The number of benzene rings is 1. The molecule has 1 saturated heterocycles. The van der Waals surface area contributed by atoms with Gasteiger partial charge in [0.05, 0.1) is 24.1 Å². The zero-order valence-electron chi connectivity index (χ0n) is 13.5. The summed E-state index contributed by atoms with van der Waals surface area (Å²) in [5, 5.41) is 0.291. The van der Waals surface area contributed by atoms with E-state index in [0.29, 0.717) is 29.5 Å². The Balaban J connectivity index is 2.37. The van der Waals surface area contributed by atoms with Crippen molar-refractivity contribution < 1.29 is 17.9 Å². The number of methoxy groups -OCH3 is 1. The van der Waals surface area contributed by atoms with Crippen LogP contribution in [0.25, 0.3) is 0 Å². The van der Waals surface area contributed by atoms with Gasteiger partial charge in [-0.3, -0.25) is 9.10 Å². The molecule has 8 heteroatoms. The zero-order chi connectivity index (χ0) is 17.2. The first kappa shape index (κ1) is 17.9. The summed E-state index contributed by atoms with van der Waals surface area (Å²) >= 11 is 6.09. The predicted molar refractivity (Wildman–Crippen MR) is 90.6 cm³/mol. The van der Waals surface area contributed by atoms with Crippen molar-refractivity contribution in [1.82, 2.24) is 4.90 Å². The summed E-state index contributed by atoms with van der Waals surface area (Å²) in [6.07, 6.45) is 2.98. The Kier molecular flexibility index (Phi) is 5.41. The monoisotopic (exact) mass is 360 g/mol. The number of hydrogen-bond acceptors (Lipinski definition) is 4. The predicted octanol–water partition coefficient (Wildman–Crippen LogP) is 2.13. The van der Waals surface area contributed by atoms with Crippen LogP contribution in [0.2, 0.25) is 5.02 Å². The van der Waals surface area contributed by atoms with Gasteiger partial charge in [0, 0.05) is 13.1 Å². The molecule has 23 heavy (non-hydrogen) atoms. The molecule has 0 radical (unpaired) electrons. The number of ether oxygens (including phenoxy) is 1. The summed E-state index contributed by atoms with van der Waals surface area (Å²) in [7, 11) is -2.16. The molecule has 0 bridgehead atoms. The highest BCUT2D eigenvalue weighted by molar-refractivity contribution is 7.92. The Labute approximate surface area is 142 Å². The molecule has 0 aliphatic carbocycles. The summed E-state index contributed by atoms with van der Waals surface area (Å²) in [4.78, 5) is 14.3. The van der Waals surface area contributed by atoms with E-state index in [9.17, 15) is 13.2 Å². The molecule has 0 N–H and O–H groups in total. The number of hydrogen-bond donors (Lipinski definition) is 0. The van der Waals surface area contributed by atoms with Crippen LogP contribution in [0.4, 0.5) is 5.69 Å². The Morgan fingerprint density at radius 2 is 1.96 bits per heavy atom. The molecule has 0 spiro atoms. The average Bonchev–Trinajstić information content (AvgIpc) is 2.99. The maximum absolute atomic E-state index is 12.6. The third kappa shape index (κ3) is 3.90. The lowest BCUT2D eigenvalue weighted by molar-refractivity contribution is -0.130. The number of carbonyl (C=O) groups is 1. The summed E-state index contributed by atoms with van der Waals surface area (Å²) in [6.45, 7) is 2.94. The first-order valence-electron chi connectivity index (χ1n) is 7.37. The van der Waals surface area contributed by atoms with E-state index in [0.717, 1.165) is 23.4 Å². The molecule has 1 heterocycles. The highest BCUT2D eigenvalue weighted by Crippen LogP contribution is 2.31. The molecule has 6 nitrogen and oxygen atoms in total. The molecular formula is C15H21ClN2O4S. The lowest BCUT2D eigenvalue weighted by Crippen LogP contribution is -2.48. The SMILES string of the molecule is COc1ccc(N(C(C)C(=O)N2CCCC2)S(C)(=O)=O)cc1Cl. The quantitative estimate of drug-likeness (QED) is 0.806. The van der Waals surface area contributed by atoms with Crippen LogP contribution < -0.4 is 9.04 Å². The van der Waals surface area contributed by atoms with Crippen molar-refractivity contribution in [3.63, 3.8) is 0 Å². The van der Waals surface area contributed by atoms with Gasteiger partial charge in [-0.15, -0.1) is 0 Å². The molecule has 1 fully saturated rings. The fourth-order valence-corrected chi connectivity index (χ4v) is 4.21. The van der Waals surface area contributed by atoms with Gasteiger partial charge < -0.3 is 9.64 Å². The first-order valence-corrected chi connectivity index (χ1v) is 9.60. The van der Waals surface area contributed by atoms with Crippen LogP contribution in [-0.4, -0.2) is 51.7 Å². The van der Waals surface area contributed by atoms with E-state index in [1.54, 1.807) is 24.0 Å². The van der Waals surface area contributed by atoms with E-state index in [1.807, 2.05) is 0 Å². The van der Waals surface area contributed by atoms with Gasteiger partial charge in [0.15, 0.2) is 0 Å². The summed E-state index contributed by atoms with van der Waals surface area (Å²) in [6, 6.07) is 3.84. The number of anilines is 1. The summed E-state index contributed by atoms with van der Waals surface area (Å²) in [5.41, 5.74) is 0.346. The minimum Gasteiger partial charge on any atom is -0.495 e. The third-order valence-corrected chi connectivity index (χ3v) is 5.41. The van der Waals surface area contributed by atoms with E-state index in [4.69, 9.17) is 16.3 Å². The minimum absolute atomic E-state index is 0.195. The highest BCUT2D eigenvalue weighted by atomic mass is 35.5.